The van der Waals surface area contributed by atoms with Gasteiger partial charge in [0.15, 0.2) is 0 Å². The molecule has 128 valence electrons. The molecule has 5 nitrogen and oxygen atoms in total. The van der Waals surface area contributed by atoms with Gasteiger partial charge in [-0.25, -0.2) is 17.5 Å². The molecule has 0 heterocycles. The summed E-state index contributed by atoms with van der Waals surface area (Å²) >= 11 is 11.6. The third kappa shape index (κ3) is 4.67. The van der Waals surface area contributed by atoms with E-state index in [0.29, 0.717) is 10.7 Å². The Bertz CT molecular complexity index is 888. The minimum absolute atomic E-state index is 0.0914. The molecule has 1 amide bonds. The maximum atomic E-state index is 13.1. The highest BCUT2D eigenvalue weighted by atomic mass is 35.5. The van der Waals surface area contributed by atoms with Crippen molar-refractivity contribution in [3.05, 3.63) is 57.8 Å². The fourth-order valence-electron chi connectivity index (χ4n) is 1.93. The van der Waals surface area contributed by atoms with Crippen LogP contribution in [0.15, 0.2) is 41.3 Å². The number of amides is 1. The molecule has 0 radical (unpaired) electrons. The number of nitrogens with one attached hydrogen (secondary N) is 2. The number of anilines is 1. The van der Waals surface area contributed by atoms with Gasteiger partial charge in [-0.1, -0.05) is 23.2 Å². The minimum Gasteiger partial charge on any atom is -0.325 e. The number of aryl methyl sites for hydroxylation is 1. The zero-order valence-electron chi connectivity index (χ0n) is 12.4. The Labute approximate surface area is 148 Å². The van der Waals surface area contributed by atoms with Gasteiger partial charge in [0.1, 0.15) is 5.82 Å². The molecule has 0 saturated heterocycles. The van der Waals surface area contributed by atoms with Gasteiger partial charge in [0.2, 0.25) is 15.9 Å². The molecule has 0 saturated carbocycles. The van der Waals surface area contributed by atoms with Crippen molar-refractivity contribution >= 4 is 44.8 Å². The summed E-state index contributed by atoms with van der Waals surface area (Å²) < 4.78 is 39.5. The molecule has 0 aromatic heterocycles. The van der Waals surface area contributed by atoms with Crippen LogP contribution in [0.5, 0.6) is 0 Å². The van der Waals surface area contributed by atoms with E-state index < -0.39 is 28.3 Å². The van der Waals surface area contributed by atoms with Crippen LogP contribution in [0.25, 0.3) is 0 Å². The van der Waals surface area contributed by atoms with Crippen LogP contribution in [0.4, 0.5) is 10.1 Å². The number of carbonyl (C=O) groups is 1. The number of hydrogen-bond acceptors (Lipinski definition) is 3. The number of benzene rings is 2. The summed E-state index contributed by atoms with van der Waals surface area (Å²) in [4.78, 5) is 11.8. The van der Waals surface area contributed by atoms with Crippen LogP contribution in [0.2, 0.25) is 10.0 Å². The Morgan fingerprint density at radius 3 is 2.46 bits per heavy atom. The summed E-state index contributed by atoms with van der Waals surface area (Å²) in [6.45, 7) is 0.979. The third-order valence-electron chi connectivity index (χ3n) is 3.05. The average molecular weight is 391 g/mol. The van der Waals surface area contributed by atoms with Gasteiger partial charge in [-0.2, -0.15) is 0 Å². The van der Waals surface area contributed by atoms with E-state index in [1.165, 1.54) is 25.1 Å². The van der Waals surface area contributed by atoms with E-state index in [1.807, 2.05) is 0 Å². The zero-order valence-corrected chi connectivity index (χ0v) is 14.8. The Morgan fingerprint density at radius 2 is 1.83 bits per heavy atom. The summed E-state index contributed by atoms with van der Waals surface area (Å²) in [7, 11) is -3.93. The molecule has 0 spiro atoms. The van der Waals surface area contributed by atoms with Crippen LogP contribution in [-0.4, -0.2) is 20.9 Å². The fraction of sp³-hybridized carbons (Fsp3) is 0.133. The first-order valence-electron chi connectivity index (χ1n) is 6.70. The molecule has 0 aliphatic heterocycles. The number of sulfonamides is 1. The predicted molar refractivity (Wildman–Crippen MR) is 91.4 cm³/mol. The molecule has 2 N–H and O–H groups in total. The van der Waals surface area contributed by atoms with E-state index in [-0.39, 0.29) is 15.5 Å². The molecule has 0 atom stereocenters. The van der Waals surface area contributed by atoms with Gasteiger partial charge in [0.25, 0.3) is 0 Å². The maximum Gasteiger partial charge on any atom is 0.241 e. The van der Waals surface area contributed by atoms with E-state index in [4.69, 9.17) is 23.2 Å². The quantitative estimate of drug-likeness (QED) is 0.821. The summed E-state index contributed by atoms with van der Waals surface area (Å²) in [6.07, 6.45) is 0. The number of rotatable bonds is 5. The Hall–Kier alpha value is -1.67. The van der Waals surface area contributed by atoms with Crippen molar-refractivity contribution in [1.82, 2.24) is 4.72 Å². The molecule has 0 aliphatic carbocycles. The standard InChI is InChI=1S/C15H13Cl2FN2O3S/c1-9-6-10(18)2-5-14(9)24(22,23)19-8-15(21)20-11-3-4-12(16)13(17)7-11/h2-7,19H,8H2,1H3,(H,20,21). The van der Waals surface area contributed by atoms with Gasteiger partial charge in [0.05, 0.1) is 21.5 Å². The van der Waals surface area contributed by atoms with Crippen molar-refractivity contribution in [2.24, 2.45) is 0 Å². The third-order valence-corrected chi connectivity index (χ3v) is 5.35. The van der Waals surface area contributed by atoms with Crippen molar-refractivity contribution in [2.45, 2.75) is 11.8 Å². The molecular weight excluding hydrogens is 378 g/mol. The number of halogens is 3. The molecule has 2 rings (SSSR count). The summed E-state index contributed by atoms with van der Waals surface area (Å²) in [5, 5.41) is 3.09. The summed E-state index contributed by atoms with van der Waals surface area (Å²) in [5.74, 6) is -1.12. The molecule has 0 unspecified atom stereocenters. The van der Waals surface area contributed by atoms with E-state index in [0.717, 1.165) is 18.2 Å². The van der Waals surface area contributed by atoms with Gasteiger partial charge in [-0.15, -0.1) is 0 Å². The second-order valence-corrected chi connectivity index (χ2v) is 7.46. The monoisotopic (exact) mass is 390 g/mol. The lowest BCUT2D eigenvalue weighted by Crippen LogP contribution is -2.33. The summed E-state index contributed by atoms with van der Waals surface area (Å²) in [6, 6.07) is 7.77. The van der Waals surface area contributed by atoms with Crippen LogP contribution >= 0.6 is 23.2 Å². The molecule has 2 aromatic rings. The first-order valence-corrected chi connectivity index (χ1v) is 8.93. The van der Waals surface area contributed by atoms with Gasteiger partial charge in [0, 0.05) is 5.69 Å². The first kappa shape index (κ1) is 18.7. The highest BCUT2D eigenvalue weighted by Crippen LogP contribution is 2.24. The van der Waals surface area contributed by atoms with Crippen molar-refractivity contribution < 1.29 is 17.6 Å². The Balaban J connectivity index is 2.03. The lowest BCUT2D eigenvalue weighted by Gasteiger charge is -2.10. The van der Waals surface area contributed by atoms with Crippen LogP contribution in [-0.2, 0) is 14.8 Å². The van der Waals surface area contributed by atoms with Crippen molar-refractivity contribution in [3.8, 4) is 0 Å². The fourth-order valence-corrected chi connectivity index (χ4v) is 3.44. The first-order chi connectivity index (χ1) is 11.2. The lowest BCUT2D eigenvalue weighted by molar-refractivity contribution is -0.115. The van der Waals surface area contributed by atoms with E-state index in [2.05, 4.69) is 10.0 Å². The molecular formula is C15H13Cl2FN2O3S. The molecule has 2 aromatic carbocycles. The van der Waals surface area contributed by atoms with Gasteiger partial charge in [-0.05, 0) is 48.9 Å². The average Bonchev–Trinajstić information content (AvgIpc) is 2.49. The molecule has 9 heteroatoms. The van der Waals surface area contributed by atoms with E-state index >= 15 is 0 Å². The largest absolute Gasteiger partial charge is 0.325 e. The lowest BCUT2D eigenvalue weighted by atomic mass is 10.2. The van der Waals surface area contributed by atoms with Crippen LogP contribution in [0.1, 0.15) is 5.56 Å². The van der Waals surface area contributed by atoms with Crippen LogP contribution < -0.4 is 10.0 Å². The van der Waals surface area contributed by atoms with E-state index in [9.17, 15) is 17.6 Å². The van der Waals surface area contributed by atoms with Gasteiger partial charge < -0.3 is 5.32 Å². The normalized spacial score (nSPS) is 11.3. The Kier molecular flexibility index (Phi) is 5.82. The Morgan fingerprint density at radius 1 is 1.12 bits per heavy atom. The topological polar surface area (TPSA) is 75.3 Å². The van der Waals surface area contributed by atoms with Gasteiger partial charge in [-0.3, -0.25) is 4.79 Å². The second kappa shape index (κ2) is 7.48. The van der Waals surface area contributed by atoms with Crippen LogP contribution in [0.3, 0.4) is 0 Å². The maximum absolute atomic E-state index is 13.1. The molecule has 0 fully saturated rings. The predicted octanol–water partition coefficient (Wildman–Crippen LogP) is 3.36. The van der Waals surface area contributed by atoms with Gasteiger partial charge >= 0.3 is 0 Å². The highest BCUT2D eigenvalue weighted by molar-refractivity contribution is 7.89. The zero-order chi connectivity index (χ0) is 17.9. The van der Waals surface area contributed by atoms with Crippen molar-refractivity contribution in [3.63, 3.8) is 0 Å². The SMILES string of the molecule is Cc1cc(F)ccc1S(=O)(=O)NCC(=O)Nc1ccc(Cl)c(Cl)c1. The number of carbonyl (C=O) groups excluding carboxylic acids is 1. The van der Waals surface area contributed by atoms with Crippen molar-refractivity contribution in [2.75, 3.05) is 11.9 Å². The molecule has 0 bridgehead atoms. The van der Waals surface area contributed by atoms with Crippen LogP contribution in [0, 0.1) is 12.7 Å². The van der Waals surface area contributed by atoms with Crippen molar-refractivity contribution in [1.29, 1.82) is 0 Å². The van der Waals surface area contributed by atoms with E-state index in [1.54, 1.807) is 0 Å². The molecule has 0 aliphatic rings. The summed E-state index contributed by atoms with van der Waals surface area (Å²) in [5.41, 5.74) is 0.624. The molecule has 24 heavy (non-hydrogen) atoms. The number of hydrogen-bond donors (Lipinski definition) is 2. The highest BCUT2D eigenvalue weighted by Gasteiger charge is 2.18. The second-order valence-electron chi connectivity index (χ2n) is 4.91. The smallest absolute Gasteiger partial charge is 0.241 e. The minimum atomic E-state index is -3.93.